The van der Waals surface area contributed by atoms with Crippen LogP contribution in [-0.2, 0) is 4.79 Å². The number of nitrogens with zero attached hydrogens (tertiary/aromatic N) is 5. The minimum atomic E-state index is -0.308. The molecule has 4 rings (SSSR count). The van der Waals surface area contributed by atoms with Gasteiger partial charge in [-0.05, 0) is 62.1 Å². The molecule has 6 nitrogen and oxygen atoms in total. The lowest BCUT2D eigenvalue weighted by Gasteiger charge is -2.35. The summed E-state index contributed by atoms with van der Waals surface area (Å²) in [5.74, 6) is 0.748. The van der Waals surface area contributed by atoms with Crippen molar-refractivity contribution in [1.29, 1.82) is 0 Å². The van der Waals surface area contributed by atoms with E-state index in [9.17, 15) is 9.18 Å². The summed E-state index contributed by atoms with van der Waals surface area (Å²) in [6.45, 7) is 2.96. The van der Waals surface area contributed by atoms with E-state index in [2.05, 4.69) is 22.1 Å². The van der Waals surface area contributed by atoms with E-state index >= 15 is 0 Å². The molecule has 1 aliphatic rings. The maximum Gasteiger partial charge on any atom is 0.233 e. The average molecular weight is 426 g/mol. The minimum Gasteiger partial charge on any atom is -0.339 e. The van der Waals surface area contributed by atoms with Gasteiger partial charge in [0.1, 0.15) is 5.82 Å². The standard InChI is InChI=1S/C22H24FN5OS/c1-2-18-5-3-4-14-27(18)20(29)15-30-22-26-25-21(16-10-12-24-13-11-16)28(22)19-8-6-17(23)7-9-19/h6-13,18H,2-5,14-15H2,1H3/t18-/m1/s1. The van der Waals surface area contributed by atoms with Gasteiger partial charge in [0, 0.05) is 36.2 Å². The molecule has 30 heavy (non-hydrogen) atoms. The van der Waals surface area contributed by atoms with Crippen molar-refractivity contribution >= 4 is 17.7 Å². The van der Waals surface area contributed by atoms with Crippen LogP contribution in [0.5, 0.6) is 0 Å². The van der Waals surface area contributed by atoms with Crippen molar-refractivity contribution in [2.24, 2.45) is 0 Å². The van der Waals surface area contributed by atoms with Gasteiger partial charge in [0.15, 0.2) is 11.0 Å². The summed E-state index contributed by atoms with van der Waals surface area (Å²) in [4.78, 5) is 19.0. The van der Waals surface area contributed by atoms with Gasteiger partial charge < -0.3 is 4.90 Å². The maximum atomic E-state index is 13.5. The summed E-state index contributed by atoms with van der Waals surface area (Å²) in [6, 6.07) is 10.2. The van der Waals surface area contributed by atoms with Gasteiger partial charge >= 0.3 is 0 Å². The van der Waals surface area contributed by atoms with Crippen LogP contribution in [0.3, 0.4) is 0 Å². The Labute approximate surface area is 179 Å². The van der Waals surface area contributed by atoms with Crippen LogP contribution in [0, 0.1) is 5.82 Å². The molecule has 1 aromatic carbocycles. The Hall–Kier alpha value is -2.74. The van der Waals surface area contributed by atoms with Crippen LogP contribution in [-0.4, -0.2) is 48.9 Å². The number of carbonyl (C=O) groups excluding carboxylic acids is 1. The number of benzene rings is 1. The monoisotopic (exact) mass is 425 g/mol. The Kier molecular flexibility index (Phi) is 6.42. The van der Waals surface area contributed by atoms with Crippen molar-refractivity contribution in [2.45, 2.75) is 43.8 Å². The summed E-state index contributed by atoms with van der Waals surface area (Å²) >= 11 is 1.36. The second-order valence-corrected chi connectivity index (χ2v) is 8.23. The van der Waals surface area contributed by atoms with E-state index in [0.29, 0.717) is 22.8 Å². The molecule has 0 saturated carbocycles. The molecule has 3 heterocycles. The zero-order valence-electron chi connectivity index (χ0n) is 16.9. The third kappa shape index (κ3) is 4.38. The minimum absolute atomic E-state index is 0.130. The third-order valence-corrected chi connectivity index (χ3v) is 6.31. The molecule has 1 aliphatic heterocycles. The van der Waals surface area contributed by atoms with Gasteiger partial charge in [-0.15, -0.1) is 10.2 Å². The molecular weight excluding hydrogens is 401 g/mol. The molecule has 0 N–H and O–H groups in total. The Balaban J connectivity index is 1.61. The molecule has 1 atom stereocenters. The van der Waals surface area contributed by atoms with Crippen LogP contribution in [0.2, 0.25) is 0 Å². The topological polar surface area (TPSA) is 63.9 Å². The van der Waals surface area contributed by atoms with Crippen molar-refractivity contribution < 1.29 is 9.18 Å². The first-order chi connectivity index (χ1) is 14.7. The number of hydrogen-bond acceptors (Lipinski definition) is 5. The highest BCUT2D eigenvalue weighted by atomic mass is 32.2. The predicted octanol–water partition coefficient (Wildman–Crippen LogP) is 4.35. The Bertz CT molecular complexity index is 993. The summed E-state index contributed by atoms with van der Waals surface area (Å²) in [6.07, 6.45) is 7.68. The first kappa shape index (κ1) is 20.5. The normalized spacial score (nSPS) is 16.6. The van der Waals surface area contributed by atoms with E-state index in [1.165, 1.54) is 30.3 Å². The van der Waals surface area contributed by atoms with Gasteiger partial charge in [0.05, 0.1) is 5.75 Å². The molecule has 0 bridgehead atoms. The smallest absolute Gasteiger partial charge is 0.233 e. The highest BCUT2D eigenvalue weighted by Gasteiger charge is 2.26. The Morgan fingerprint density at radius 1 is 1.13 bits per heavy atom. The summed E-state index contributed by atoms with van der Waals surface area (Å²) in [5.41, 5.74) is 1.59. The Morgan fingerprint density at radius 3 is 2.63 bits per heavy atom. The summed E-state index contributed by atoms with van der Waals surface area (Å²) < 4.78 is 15.3. The van der Waals surface area contributed by atoms with E-state index in [-0.39, 0.29) is 11.7 Å². The molecule has 0 spiro atoms. The lowest BCUT2D eigenvalue weighted by atomic mass is 10.0. The van der Waals surface area contributed by atoms with Crippen molar-refractivity contribution in [2.75, 3.05) is 12.3 Å². The van der Waals surface area contributed by atoms with Crippen molar-refractivity contribution in [3.05, 3.63) is 54.6 Å². The van der Waals surface area contributed by atoms with Gasteiger partial charge in [-0.1, -0.05) is 18.7 Å². The SMILES string of the molecule is CC[C@@H]1CCCCN1C(=O)CSc1nnc(-c2ccncc2)n1-c1ccc(F)cc1. The molecule has 0 radical (unpaired) electrons. The zero-order chi connectivity index (χ0) is 20.9. The van der Waals surface area contributed by atoms with Crippen LogP contribution >= 0.6 is 11.8 Å². The number of piperidine rings is 1. The molecule has 3 aromatic rings. The van der Waals surface area contributed by atoms with Gasteiger partial charge in [0.25, 0.3) is 0 Å². The molecule has 2 aromatic heterocycles. The molecule has 1 fully saturated rings. The molecule has 1 saturated heterocycles. The maximum absolute atomic E-state index is 13.5. The number of likely N-dealkylation sites (tertiary alicyclic amines) is 1. The largest absolute Gasteiger partial charge is 0.339 e. The first-order valence-electron chi connectivity index (χ1n) is 10.2. The number of aromatic nitrogens is 4. The molecule has 156 valence electrons. The predicted molar refractivity (Wildman–Crippen MR) is 115 cm³/mol. The average Bonchev–Trinajstić information content (AvgIpc) is 3.22. The molecule has 0 unspecified atom stereocenters. The van der Waals surface area contributed by atoms with Gasteiger partial charge in [-0.3, -0.25) is 14.3 Å². The second kappa shape index (κ2) is 9.38. The molecular formula is C22H24FN5OS. The Morgan fingerprint density at radius 2 is 1.90 bits per heavy atom. The fourth-order valence-electron chi connectivity index (χ4n) is 3.84. The third-order valence-electron chi connectivity index (χ3n) is 5.40. The number of hydrogen-bond donors (Lipinski definition) is 0. The highest BCUT2D eigenvalue weighted by molar-refractivity contribution is 7.99. The van der Waals surface area contributed by atoms with Crippen molar-refractivity contribution in [3.63, 3.8) is 0 Å². The fourth-order valence-corrected chi connectivity index (χ4v) is 4.67. The van der Waals surface area contributed by atoms with Crippen LogP contribution < -0.4 is 0 Å². The quantitative estimate of drug-likeness (QED) is 0.550. The number of thioether (sulfide) groups is 1. The molecule has 0 aliphatic carbocycles. The number of pyridine rings is 1. The molecule has 8 heteroatoms. The van der Waals surface area contributed by atoms with E-state index in [1.807, 2.05) is 21.6 Å². The zero-order valence-corrected chi connectivity index (χ0v) is 17.7. The molecule has 1 amide bonds. The van der Waals surface area contributed by atoms with Gasteiger partial charge in [-0.2, -0.15) is 0 Å². The fraction of sp³-hybridized carbons (Fsp3) is 0.364. The number of rotatable bonds is 6. The first-order valence-corrected chi connectivity index (χ1v) is 11.2. The van der Waals surface area contributed by atoms with Crippen LogP contribution in [0.25, 0.3) is 17.1 Å². The van der Waals surface area contributed by atoms with Crippen LogP contribution in [0.1, 0.15) is 32.6 Å². The van der Waals surface area contributed by atoms with Gasteiger partial charge in [-0.25, -0.2) is 4.39 Å². The van der Waals surface area contributed by atoms with Gasteiger partial charge in [0.2, 0.25) is 5.91 Å². The lowest BCUT2D eigenvalue weighted by Crippen LogP contribution is -2.44. The van der Waals surface area contributed by atoms with Crippen LogP contribution in [0.15, 0.2) is 53.9 Å². The number of carbonyl (C=O) groups is 1. The highest BCUT2D eigenvalue weighted by Crippen LogP contribution is 2.29. The lowest BCUT2D eigenvalue weighted by molar-refractivity contribution is -0.132. The number of amides is 1. The van der Waals surface area contributed by atoms with Crippen molar-refractivity contribution in [1.82, 2.24) is 24.6 Å². The summed E-state index contributed by atoms with van der Waals surface area (Å²) in [5, 5.41) is 9.29. The summed E-state index contributed by atoms with van der Waals surface area (Å²) in [7, 11) is 0. The van der Waals surface area contributed by atoms with E-state index in [4.69, 9.17) is 0 Å². The van der Waals surface area contributed by atoms with Crippen molar-refractivity contribution in [3.8, 4) is 17.1 Å². The second-order valence-electron chi connectivity index (χ2n) is 7.29. The van der Waals surface area contributed by atoms with E-state index < -0.39 is 0 Å². The van der Waals surface area contributed by atoms with E-state index in [1.54, 1.807) is 24.5 Å². The number of halogens is 1. The van der Waals surface area contributed by atoms with E-state index in [0.717, 1.165) is 37.1 Å². The van der Waals surface area contributed by atoms with Crippen LogP contribution in [0.4, 0.5) is 4.39 Å².